The molecule has 31 heavy (non-hydrogen) atoms. The van der Waals surface area contributed by atoms with Gasteiger partial charge in [0.05, 0.1) is 0 Å². The lowest BCUT2D eigenvalue weighted by Gasteiger charge is -2.18. The number of carbonyl (C=O) groups excluding carboxylic acids is 3. The molecule has 9 nitrogen and oxygen atoms in total. The molecule has 0 fully saturated rings. The molecule has 1 aromatic rings. The van der Waals surface area contributed by atoms with Gasteiger partial charge in [0.2, 0.25) is 11.8 Å². The summed E-state index contributed by atoms with van der Waals surface area (Å²) in [4.78, 5) is 36.0. The zero-order chi connectivity index (χ0) is 22.7. The second-order valence-corrected chi connectivity index (χ2v) is 7.39. The number of carbonyl (C=O) groups is 3. The van der Waals surface area contributed by atoms with Crippen molar-refractivity contribution in [2.75, 3.05) is 39.3 Å². The Balaban J connectivity index is 2.23. The summed E-state index contributed by atoms with van der Waals surface area (Å²) in [5.74, 6) is -1.18. The largest absolute Gasteiger partial charge is 0.370 e. The van der Waals surface area contributed by atoms with Crippen LogP contribution in [0.15, 0.2) is 30.3 Å². The second-order valence-electron chi connectivity index (χ2n) is 7.39. The molecule has 1 rings (SSSR count). The fourth-order valence-electron chi connectivity index (χ4n) is 2.91. The molecule has 0 heterocycles. The minimum absolute atomic E-state index is 0.0236. The first-order valence-corrected chi connectivity index (χ1v) is 11.1. The molecule has 174 valence electrons. The molecule has 1 aromatic carbocycles. The predicted octanol–water partition coefficient (Wildman–Crippen LogP) is -0.135. The lowest BCUT2D eigenvalue weighted by Crippen LogP contribution is -2.47. The molecule has 1 atom stereocenters. The molecule has 3 amide bonds. The van der Waals surface area contributed by atoms with Crippen LogP contribution in [-0.2, 0) is 9.59 Å². The van der Waals surface area contributed by atoms with Gasteiger partial charge in [-0.2, -0.15) is 0 Å². The van der Waals surface area contributed by atoms with E-state index in [0.717, 1.165) is 58.4 Å². The molecule has 0 aliphatic heterocycles. The molecule has 0 saturated heterocycles. The number of hydrogen-bond donors (Lipinski definition) is 6. The highest BCUT2D eigenvalue weighted by molar-refractivity contribution is 5.97. The van der Waals surface area contributed by atoms with Gasteiger partial charge in [-0.3, -0.25) is 14.4 Å². The first-order valence-electron chi connectivity index (χ1n) is 11.1. The van der Waals surface area contributed by atoms with Crippen LogP contribution in [0.3, 0.4) is 0 Å². The Bertz CT molecular complexity index is 641. The molecule has 0 aromatic heterocycles. The molecule has 0 bridgehead atoms. The lowest BCUT2D eigenvalue weighted by atomic mass is 10.1. The first-order chi connectivity index (χ1) is 15.0. The van der Waals surface area contributed by atoms with Crippen LogP contribution in [-0.4, -0.2) is 63.0 Å². The highest BCUT2D eigenvalue weighted by atomic mass is 16.2. The van der Waals surface area contributed by atoms with Crippen LogP contribution >= 0.6 is 0 Å². The van der Waals surface area contributed by atoms with E-state index in [2.05, 4.69) is 21.3 Å². The number of amides is 3. The van der Waals surface area contributed by atoms with E-state index in [4.69, 9.17) is 11.5 Å². The Morgan fingerprint density at radius 1 is 0.839 bits per heavy atom. The standard InChI is InChI=1S/C22H38N6O3/c23-12-6-15-25-13-4-5-14-26-16-7-17-27-22(31)19(10-11-20(24)29)28-21(30)18-8-2-1-3-9-18/h1-3,8-9,19,25-26H,4-7,10-17,23H2,(H2,24,29)(H,27,31)(H,28,30). The van der Waals surface area contributed by atoms with Gasteiger partial charge in [-0.05, 0) is 77.0 Å². The predicted molar refractivity (Wildman–Crippen MR) is 122 cm³/mol. The van der Waals surface area contributed by atoms with Crippen molar-refractivity contribution in [3.63, 3.8) is 0 Å². The van der Waals surface area contributed by atoms with Gasteiger partial charge in [-0.25, -0.2) is 0 Å². The average molecular weight is 435 g/mol. The van der Waals surface area contributed by atoms with Gasteiger partial charge >= 0.3 is 0 Å². The molecule has 0 aliphatic rings. The van der Waals surface area contributed by atoms with E-state index >= 15 is 0 Å². The smallest absolute Gasteiger partial charge is 0.251 e. The zero-order valence-corrected chi connectivity index (χ0v) is 18.3. The summed E-state index contributed by atoms with van der Waals surface area (Å²) < 4.78 is 0. The molecule has 8 N–H and O–H groups in total. The van der Waals surface area contributed by atoms with Crippen molar-refractivity contribution in [3.8, 4) is 0 Å². The molecule has 9 heteroatoms. The number of hydrogen-bond acceptors (Lipinski definition) is 6. The topological polar surface area (TPSA) is 151 Å². The van der Waals surface area contributed by atoms with E-state index in [9.17, 15) is 14.4 Å². The van der Waals surface area contributed by atoms with Crippen molar-refractivity contribution in [1.82, 2.24) is 21.3 Å². The third-order valence-corrected chi connectivity index (χ3v) is 4.68. The highest BCUT2D eigenvalue weighted by Gasteiger charge is 2.21. The summed E-state index contributed by atoms with van der Waals surface area (Å²) in [7, 11) is 0. The van der Waals surface area contributed by atoms with Crippen LogP contribution in [0.2, 0.25) is 0 Å². The van der Waals surface area contributed by atoms with Gasteiger partial charge < -0.3 is 32.7 Å². The fraction of sp³-hybridized carbons (Fsp3) is 0.591. The maximum absolute atomic E-state index is 12.5. The Morgan fingerprint density at radius 2 is 1.45 bits per heavy atom. The molecule has 0 spiro atoms. The quantitative estimate of drug-likeness (QED) is 0.177. The molecule has 1 unspecified atom stereocenters. The van der Waals surface area contributed by atoms with Gasteiger partial charge in [0.15, 0.2) is 0 Å². The van der Waals surface area contributed by atoms with Crippen LogP contribution < -0.4 is 32.7 Å². The highest BCUT2D eigenvalue weighted by Crippen LogP contribution is 2.03. The summed E-state index contributed by atoms with van der Waals surface area (Å²) in [5.41, 5.74) is 11.1. The van der Waals surface area contributed by atoms with Gasteiger partial charge in [0.25, 0.3) is 5.91 Å². The maximum atomic E-state index is 12.5. The molecular weight excluding hydrogens is 396 g/mol. The molecule has 0 saturated carbocycles. The Hall–Kier alpha value is -2.49. The fourth-order valence-corrected chi connectivity index (χ4v) is 2.91. The number of unbranched alkanes of at least 4 members (excludes halogenated alkanes) is 1. The Morgan fingerprint density at radius 3 is 2.06 bits per heavy atom. The number of nitrogens with one attached hydrogen (secondary N) is 4. The van der Waals surface area contributed by atoms with E-state index in [-0.39, 0.29) is 24.7 Å². The van der Waals surface area contributed by atoms with Gasteiger partial charge in [-0.15, -0.1) is 0 Å². The van der Waals surface area contributed by atoms with E-state index in [0.29, 0.717) is 12.1 Å². The third kappa shape index (κ3) is 13.4. The van der Waals surface area contributed by atoms with Crippen molar-refractivity contribution < 1.29 is 14.4 Å². The number of primary amides is 1. The normalized spacial score (nSPS) is 11.6. The summed E-state index contributed by atoms with van der Waals surface area (Å²) in [6, 6.07) is 7.83. The monoisotopic (exact) mass is 434 g/mol. The summed E-state index contributed by atoms with van der Waals surface area (Å²) in [6.07, 6.45) is 4.16. The first kappa shape index (κ1) is 26.5. The van der Waals surface area contributed by atoms with Crippen molar-refractivity contribution >= 4 is 17.7 Å². The summed E-state index contributed by atoms with van der Waals surface area (Å²) >= 11 is 0. The van der Waals surface area contributed by atoms with Crippen molar-refractivity contribution in [2.24, 2.45) is 11.5 Å². The maximum Gasteiger partial charge on any atom is 0.251 e. The van der Waals surface area contributed by atoms with Crippen LogP contribution in [0, 0.1) is 0 Å². The van der Waals surface area contributed by atoms with Crippen molar-refractivity contribution in [2.45, 2.75) is 44.6 Å². The van der Waals surface area contributed by atoms with Gasteiger partial charge in [0, 0.05) is 18.5 Å². The van der Waals surface area contributed by atoms with Crippen LogP contribution in [0.4, 0.5) is 0 Å². The molecular formula is C22H38N6O3. The van der Waals surface area contributed by atoms with E-state index in [1.807, 2.05) is 6.07 Å². The molecule has 0 radical (unpaired) electrons. The zero-order valence-electron chi connectivity index (χ0n) is 18.3. The number of nitrogens with two attached hydrogens (primary N) is 2. The van der Waals surface area contributed by atoms with Gasteiger partial charge in [0.1, 0.15) is 6.04 Å². The van der Waals surface area contributed by atoms with Crippen LogP contribution in [0.1, 0.15) is 48.9 Å². The summed E-state index contributed by atoms with van der Waals surface area (Å²) in [6.45, 7) is 4.90. The Labute approximate surface area is 185 Å². The second kappa shape index (κ2) is 17.2. The number of rotatable bonds is 18. The van der Waals surface area contributed by atoms with E-state index in [1.54, 1.807) is 24.3 Å². The van der Waals surface area contributed by atoms with Crippen molar-refractivity contribution in [3.05, 3.63) is 35.9 Å². The van der Waals surface area contributed by atoms with Crippen LogP contribution in [0.5, 0.6) is 0 Å². The lowest BCUT2D eigenvalue weighted by molar-refractivity contribution is -0.123. The van der Waals surface area contributed by atoms with E-state index in [1.165, 1.54) is 0 Å². The van der Waals surface area contributed by atoms with Crippen molar-refractivity contribution in [1.29, 1.82) is 0 Å². The van der Waals surface area contributed by atoms with Crippen LogP contribution in [0.25, 0.3) is 0 Å². The average Bonchev–Trinajstić information content (AvgIpc) is 2.77. The third-order valence-electron chi connectivity index (χ3n) is 4.68. The number of benzene rings is 1. The Kier molecular flexibility index (Phi) is 14.7. The summed E-state index contributed by atoms with van der Waals surface area (Å²) in [5, 5.41) is 12.2. The SMILES string of the molecule is NCCCNCCCCNCCCNC(=O)C(CCC(N)=O)NC(=O)c1ccccc1. The minimum Gasteiger partial charge on any atom is -0.370 e. The molecule has 0 aliphatic carbocycles. The minimum atomic E-state index is -0.806. The van der Waals surface area contributed by atoms with E-state index < -0.39 is 11.9 Å². The van der Waals surface area contributed by atoms with Gasteiger partial charge in [-0.1, -0.05) is 18.2 Å².